The van der Waals surface area contributed by atoms with Gasteiger partial charge in [0.2, 0.25) is 0 Å². The second-order valence-electron chi connectivity index (χ2n) is 5.99. The SMILES string of the molecule is CCC(C)C1(C)OCCc2c1[nH]c1c(C)cccc21. The molecule has 0 fully saturated rings. The van der Waals surface area contributed by atoms with Crippen LogP contribution in [0.5, 0.6) is 0 Å². The lowest BCUT2D eigenvalue weighted by atomic mass is 9.81. The molecule has 3 rings (SSSR count). The molecule has 2 atom stereocenters. The summed E-state index contributed by atoms with van der Waals surface area (Å²) in [5, 5.41) is 1.38. The molecule has 2 heterocycles. The van der Waals surface area contributed by atoms with Crippen molar-refractivity contribution in [3.63, 3.8) is 0 Å². The number of fused-ring (bicyclic) bond motifs is 3. The number of benzene rings is 1. The molecule has 2 nitrogen and oxygen atoms in total. The molecule has 0 spiro atoms. The lowest BCUT2D eigenvalue weighted by Crippen LogP contribution is -2.38. The minimum absolute atomic E-state index is 0.173. The van der Waals surface area contributed by atoms with Crippen LogP contribution in [0.2, 0.25) is 0 Å². The summed E-state index contributed by atoms with van der Waals surface area (Å²) < 4.78 is 6.18. The first-order chi connectivity index (χ1) is 9.08. The van der Waals surface area contributed by atoms with Gasteiger partial charge in [-0.25, -0.2) is 0 Å². The Morgan fingerprint density at radius 1 is 1.42 bits per heavy atom. The van der Waals surface area contributed by atoms with E-state index in [2.05, 4.69) is 50.9 Å². The number of aryl methyl sites for hydroxylation is 1. The minimum Gasteiger partial charge on any atom is -0.368 e. The van der Waals surface area contributed by atoms with Crippen molar-refractivity contribution < 1.29 is 4.74 Å². The number of rotatable bonds is 2. The molecule has 2 aromatic rings. The number of ether oxygens (including phenoxy) is 1. The molecular weight excluding hydrogens is 234 g/mol. The highest BCUT2D eigenvalue weighted by atomic mass is 16.5. The first-order valence-corrected chi connectivity index (χ1v) is 7.32. The molecule has 2 heteroatoms. The van der Waals surface area contributed by atoms with Crippen LogP contribution in [0.4, 0.5) is 0 Å². The largest absolute Gasteiger partial charge is 0.368 e. The first-order valence-electron chi connectivity index (χ1n) is 7.32. The van der Waals surface area contributed by atoms with E-state index in [0.29, 0.717) is 5.92 Å². The topological polar surface area (TPSA) is 25.0 Å². The lowest BCUT2D eigenvalue weighted by Gasteiger charge is -2.38. The molecule has 0 radical (unpaired) electrons. The Hall–Kier alpha value is -1.28. The van der Waals surface area contributed by atoms with Crippen LogP contribution in [0.3, 0.4) is 0 Å². The lowest BCUT2D eigenvalue weighted by molar-refractivity contribution is -0.0873. The smallest absolute Gasteiger partial charge is 0.108 e. The van der Waals surface area contributed by atoms with E-state index in [1.54, 1.807) is 0 Å². The van der Waals surface area contributed by atoms with Crippen LogP contribution in [-0.2, 0) is 16.8 Å². The van der Waals surface area contributed by atoms with Crippen molar-refractivity contribution in [3.05, 3.63) is 35.0 Å². The maximum Gasteiger partial charge on any atom is 0.108 e. The molecule has 2 unspecified atom stereocenters. The maximum absolute atomic E-state index is 6.18. The average Bonchev–Trinajstić information content (AvgIpc) is 2.80. The second kappa shape index (κ2) is 4.38. The Morgan fingerprint density at radius 3 is 2.95 bits per heavy atom. The Labute approximate surface area is 115 Å². The van der Waals surface area contributed by atoms with Crippen molar-refractivity contribution >= 4 is 10.9 Å². The Morgan fingerprint density at radius 2 is 2.21 bits per heavy atom. The molecule has 1 aromatic heterocycles. The molecule has 19 heavy (non-hydrogen) atoms. The van der Waals surface area contributed by atoms with Crippen LogP contribution < -0.4 is 0 Å². The van der Waals surface area contributed by atoms with E-state index in [1.807, 2.05) is 0 Å². The van der Waals surface area contributed by atoms with Crippen molar-refractivity contribution in [2.24, 2.45) is 5.92 Å². The van der Waals surface area contributed by atoms with E-state index < -0.39 is 0 Å². The molecule has 0 aliphatic carbocycles. The number of para-hydroxylation sites is 1. The van der Waals surface area contributed by atoms with Gasteiger partial charge in [-0.05, 0) is 37.3 Å². The van der Waals surface area contributed by atoms with E-state index in [-0.39, 0.29) is 5.60 Å². The van der Waals surface area contributed by atoms with Gasteiger partial charge >= 0.3 is 0 Å². The number of nitrogens with one attached hydrogen (secondary N) is 1. The van der Waals surface area contributed by atoms with E-state index >= 15 is 0 Å². The zero-order valence-corrected chi connectivity index (χ0v) is 12.3. The fourth-order valence-corrected chi connectivity index (χ4v) is 3.32. The average molecular weight is 257 g/mol. The third-order valence-electron chi connectivity index (χ3n) is 4.95. The Balaban J connectivity index is 2.26. The molecule has 0 saturated heterocycles. The fourth-order valence-electron chi connectivity index (χ4n) is 3.32. The van der Waals surface area contributed by atoms with Gasteiger partial charge in [0.25, 0.3) is 0 Å². The van der Waals surface area contributed by atoms with Gasteiger partial charge in [0.15, 0.2) is 0 Å². The molecule has 0 amide bonds. The van der Waals surface area contributed by atoms with Crippen molar-refractivity contribution in [3.8, 4) is 0 Å². The standard InChI is InChI=1S/C17H23NO/c1-5-12(3)17(4)16-14(9-10-19-17)13-8-6-7-11(2)15(13)18-16/h6-8,12,18H,5,9-10H2,1-4H3. The van der Waals surface area contributed by atoms with Crippen molar-refractivity contribution in [1.29, 1.82) is 0 Å². The van der Waals surface area contributed by atoms with Gasteiger partial charge in [-0.15, -0.1) is 0 Å². The van der Waals surface area contributed by atoms with Crippen LogP contribution in [0.15, 0.2) is 18.2 Å². The van der Waals surface area contributed by atoms with Gasteiger partial charge in [-0.1, -0.05) is 38.5 Å². The minimum atomic E-state index is -0.173. The summed E-state index contributed by atoms with van der Waals surface area (Å²) in [4.78, 5) is 3.67. The van der Waals surface area contributed by atoms with Gasteiger partial charge in [0.1, 0.15) is 5.60 Å². The van der Waals surface area contributed by atoms with Crippen LogP contribution in [0.1, 0.15) is 44.0 Å². The van der Waals surface area contributed by atoms with Crippen LogP contribution in [0.25, 0.3) is 10.9 Å². The molecule has 1 aromatic carbocycles. The summed E-state index contributed by atoms with van der Waals surface area (Å²) >= 11 is 0. The van der Waals surface area contributed by atoms with Gasteiger partial charge in [0.05, 0.1) is 12.3 Å². The number of hydrogen-bond acceptors (Lipinski definition) is 1. The van der Waals surface area contributed by atoms with Gasteiger partial charge in [-0.2, -0.15) is 0 Å². The third-order valence-corrected chi connectivity index (χ3v) is 4.95. The van der Waals surface area contributed by atoms with Crippen LogP contribution in [-0.4, -0.2) is 11.6 Å². The second-order valence-corrected chi connectivity index (χ2v) is 5.99. The quantitative estimate of drug-likeness (QED) is 0.852. The van der Waals surface area contributed by atoms with E-state index in [0.717, 1.165) is 19.4 Å². The highest BCUT2D eigenvalue weighted by Gasteiger charge is 2.39. The van der Waals surface area contributed by atoms with Crippen LogP contribution in [0, 0.1) is 12.8 Å². The molecule has 1 N–H and O–H groups in total. The van der Waals surface area contributed by atoms with Gasteiger partial charge < -0.3 is 9.72 Å². The zero-order chi connectivity index (χ0) is 13.6. The van der Waals surface area contributed by atoms with Gasteiger partial charge in [0, 0.05) is 10.9 Å². The van der Waals surface area contributed by atoms with E-state index in [1.165, 1.54) is 27.7 Å². The Kier molecular flexibility index (Phi) is 2.94. The summed E-state index contributed by atoms with van der Waals surface area (Å²) in [5.41, 5.74) is 5.20. The summed E-state index contributed by atoms with van der Waals surface area (Å²) in [6, 6.07) is 6.56. The monoisotopic (exact) mass is 257 g/mol. The van der Waals surface area contributed by atoms with Crippen molar-refractivity contribution in [1.82, 2.24) is 4.98 Å². The summed E-state index contributed by atoms with van der Waals surface area (Å²) in [6.07, 6.45) is 2.15. The van der Waals surface area contributed by atoms with Crippen molar-refractivity contribution in [2.75, 3.05) is 6.61 Å². The molecule has 102 valence electrons. The van der Waals surface area contributed by atoms with Crippen LogP contribution >= 0.6 is 0 Å². The first kappa shape index (κ1) is 12.7. The summed E-state index contributed by atoms with van der Waals surface area (Å²) in [6.45, 7) is 9.76. The normalized spacial score (nSPS) is 24.4. The third kappa shape index (κ3) is 1.73. The predicted octanol–water partition coefficient (Wildman–Crippen LogP) is 4.31. The maximum atomic E-state index is 6.18. The highest BCUT2D eigenvalue weighted by Crippen LogP contribution is 2.42. The molecular formula is C17H23NO. The molecule has 0 bridgehead atoms. The Bertz CT molecular complexity index is 613. The van der Waals surface area contributed by atoms with Crippen molar-refractivity contribution in [2.45, 2.75) is 46.1 Å². The molecule has 0 saturated carbocycles. The summed E-state index contributed by atoms with van der Waals surface area (Å²) in [5.74, 6) is 0.514. The predicted molar refractivity (Wildman–Crippen MR) is 79.5 cm³/mol. The highest BCUT2D eigenvalue weighted by molar-refractivity contribution is 5.87. The van der Waals surface area contributed by atoms with E-state index in [4.69, 9.17) is 4.74 Å². The van der Waals surface area contributed by atoms with Gasteiger partial charge in [-0.3, -0.25) is 0 Å². The zero-order valence-electron chi connectivity index (χ0n) is 12.3. The number of hydrogen-bond donors (Lipinski definition) is 1. The molecule has 1 aliphatic rings. The molecule has 1 aliphatic heterocycles. The van der Waals surface area contributed by atoms with E-state index in [9.17, 15) is 0 Å². The number of aromatic amines is 1. The number of H-pyrrole nitrogens is 1. The number of aromatic nitrogens is 1. The summed E-state index contributed by atoms with van der Waals surface area (Å²) in [7, 11) is 0. The fraction of sp³-hybridized carbons (Fsp3) is 0.529.